The molecule has 0 saturated carbocycles. The van der Waals surface area contributed by atoms with Gasteiger partial charge in [0.1, 0.15) is 0 Å². The van der Waals surface area contributed by atoms with Crippen LogP contribution in [0.3, 0.4) is 0 Å². The third-order valence-electron chi connectivity index (χ3n) is 5.58. The van der Waals surface area contributed by atoms with Crippen molar-refractivity contribution in [2.75, 3.05) is 6.61 Å². The van der Waals surface area contributed by atoms with Gasteiger partial charge in [-0.3, -0.25) is 0 Å². The topological polar surface area (TPSA) is 9.23 Å². The van der Waals surface area contributed by atoms with Crippen molar-refractivity contribution in [3.63, 3.8) is 0 Å². The van der Waals surface area contributed by atoms with E-state index in [0.717, 1.165) is 6.61 Å². The monoisotopic (exact) mass is 462 g/mol. The average molecular weight is 461 g/mol. The Morgan fingerprint density at radius 1 is 0.440 bits per heavy atom. The van der Waals surface area contributed by atoms with Gasteiger partial charge in [-0.2, -0.15) is 0 Å². The molecule has 0 aliphatic rings. The fraction of sp³-hybridized carbons (Fsp3) is 1.00. The zero-order valence-electron chi connectivity index (χ0n) is 18.3. The van der Waals surface area contributed by atoms with Gasteiger partial charge in [-0.05, 0) is 0 Å². The Morgan fingerprint density at radius 2 is 0.880 bits per heavy atom. The van der Waals surface area contributed by atoms with Crippen molar-refractivity contribution in [1.82, 2.24) is 0 Å². The Morgan fingerprint density at radius 3 is 1.32 bits per heavy atom. The SMILES string of the molecule is CCCCCCC[CH2][Sn]([CH2]CC)([CH2]CCCCCCC)[O]CCCC. The van der Waals surface area contributed by atoms with Gasteiger partial charge in [-0.15, -0.1) is 0 Å². The molecule has 0 fully saturated rings. The van der Waals surface area contributed by atoms with Crippen LogP contribution in [0.1, 0.15) is 124 Å². The summed E-state index contributed by atoms with van der Waals surface area (Å²) in [7, 11) is 0. The van der Waals surface area contributed by atoms with Crippen molar-refractivity contribution in [2.24, 2.45) is 0 Å². The van der Waals surface area contributed by atoms with Crippen LogP contribution in [0, 0.1) is 0 Å². The van der Waals surface area contributed by atoms with Gasteiger partial charge < -0.3 is 0 Å². The van der Waals surface area contributed by atoms with Crippen molar-refractivity contribution in [3.05, 3.63) is 0 Å². The standard InChI is InChI=1S/2C8H17.C4H9O.C3H7.Sn/c2*1-3-5-7-8-6-4-2;1-2-3-4-5;1-3-2;/h2*1,3-8H2,2H3;2-4H2,1H3;1,3H2,2H3;/q;;-1;;+1. The Kier molecular flexibility index (Phi) is 20.1. The first kappa shape index (κ1) is 25.8. The Labute approximate surface area is 165 Å². The number of rotatable bonds is 20. The summed E-state index contributed by atoms with van der Waals surface area (Å²) in [5.74, 6) is 0. The van der Waals surface area contributed by atoms with E-state index in [2.05, 4.69) is 27.7 Å². The first-order chi connectivity index (χ1) is 12.2. The molecule has 0 heterocycles. The molecular formula is C23H50OSn. The Hall–Kier alpha value is 0.759. The van der Waals surface area contributed by atoms with Gasteiger partial charge >= 0.3 is 166 Å². The van der Waals surface area contributed by atoms with Crippen molar-refractivity contribution >= 4 is 18.8 Å². The summed E-state index contributed by atoms with van der Waals surface area (Å²) < 4.78 is 11.3. The van der Waals surface area contributed by atoms with Crippen molar-refractivity contribution < 1.29 is 3.07 Å². The summed E-state index contributed by atoms with van der Waals surface area (Å²) in [5.41, 5.74) is 0. The van der Waals surface area contributed by atoms with Crippen molar-refractivity contribution in [1.29, 1.82) is 0 Å². The van der Waals surface area contributed by atoms with Crippen LogP contribution in [0.5, 0.6) is 0 Å². The van der Waals surface area contributed by atoms with Crippen LogP contribution in [0.2, 0.25) is 13.3 Å². The zero-order valence-corrected chi connectivity index (χ0v) is 21.2. The van der Waals surface area contributed by atoms with E-state index in [0.29, 0.717) is 0 Å². The summed E-state index contributed by atoms with van der Waals surface area (Å²) in [5, 5.41) is 0. The second kappa shape index (κ2) is 19.5. The molecule has 0 aromatic rings. The van der Waals surface area contributed by atoms with Crippen LogP contribution in [0.15, 0.2) is 0 Å². The molecule has 0 aliphatic carbocycles. The third-order valence-corrected chi connectivity index (χ3v) is 19.2. The summed E-state index contributed by atoms with van der Waals surface area (Å²) in [6.45, 7) is 10.4. The van der Waals surface area contributed by atoms with E-state index in [1.165, 1.54) is 110 Å². The third kappa shape index (κ3) is 15.5. The summed E-state index contributed by atoms with van der Waals surface area (Å²) in [6.07, 6.45) is 21.1. The van der Waals surface area contributed by atoms with Crippen molar-refractivity contribution in [2.45, 2.75) is 137 Å². The predicted octanol–water partition coefficient (Wildman–Crippen LogP) is 8.88. The van der Waals surface area contributed by atoms with Crippen LogP contribution in [-0.2, 0) is 3.07 Å². The minimum atomic E-state index is -2.32. The number of hydrogen-bond donors (Lipinski definition) is 0. The first-order valence-corrected chi connectivity index (χ1v) is 19.1. The molecule has 0 unspecified atom stereocenters. The van der Waals surface area contributed by atoms with E-state index >= 15 is 0 Å². The van der Waals surface area contributed by atoms with E-state index in [-0.39, 0.29) is 0 Å². The fourth-order valence-electron chi connectivity index (χ4n) is 3.94. The molecule has 25 heavy (non-hydrogen) atoms. The van der Waals surface area contributed by atoms with Crippen LogP contribution in [0.4, 0.5) is 0 Å². The van der Waals surface area contributed by atoms with Crippen LogP contribution in [0.25, 0.3) is 0 Å². The quantitative estimate of drug-likeness (QED) is 0.130. The van der Waals surface area contributed by atoms with Gasteiger partial charge in [0.25, 0.3) is 0 Å². The van der Waals surface area contributed by atoms with Gasteiger partial charge in [-0.25, -0.2) is 0 Å². The molecule has 0 radical (unpaired) electrons. The van der Waals surface area contributed by atoms with Gasteiger partial charge in [0, 0.05) is 0 Å². The fourth-order valence-corrected chi connectivity index (χ4v) is 16.7. The van der Waals surface area contributed by atoms with Crippen LogP contribution < -0.4 is 0 Å². The second-order valence-electron chi connectivity index (χ2n) is 8.17. The predicted molar refractivity (Wildman–Crippen MR) is 118 cm³/mol. The van der Waals surface area contributed by atoms with Crippen LogP contribution in [-0.4, -0.2) is 25.4 Å². The molecule has 0 aromatic carbocycles. The number of unbranched alkanes of at least 4 members (excludes halogenated alkanes) is 11. The maximum absolute atomic E-state index is 6.78. The molecule has 2 heteroatoms. The molecule has 0 amide bonds. The minimum absolute atomic E-state index is 1.07. The van der Waals surface area contributed by atoms with E-state index in [1.54, 1.807) is 0 Å². The molecule has 0 saturated heterocycles. The molecule has 0 N–H and O–H groups in total. The molecule has 0 aliphatic heterocycles. The molecule has 1 nitrogen and oxygen atoms in total. The second-order valence-corrected chi connectivity index (χ2v) is 20.0. The average Bonchev–Trinajstić information content (AvgIpc) is 2.61. The summed E-state index contributed by atoms with van der Waals surface area (Å²) in [6, 6.07) is 0. The van der Waals surface area contributed by atoms with E-state index < -0.39 is 18.8 Å². The summed E-state index contributed by atoms with van der Waals surface area (Å²) >= 11 is -2.32. The van der Waals surface area contributed by atoms with Crippen LogP contribution >= 0.6 is 0 Å². The maximum atomic E-state index is 6.78. The summed E-state index contributed by atoms with van der Waals surface area (Å²) in [4.78, 5) is 0. The van der Waals surface area contributed by atoms with E-state index in [1.807, 2.05) is 0 Å². The Bertz CT molecular complexity index is 238. The van der Waals surface area contributed by atoms with Gasteiger partial charge in [0.15, 0.2) is 0 Å². The molecule has 0 spiro atoms. The van der Waals surface area contributed by atoms with E-state index in [9.17, 15) is 0 Å². The van der Waals surface area contributed by atoms with Crippen molar-refractivity contribution in [3.8, 4) is 0 Å². The molecule has 0 rings (SSSR count). The molecular weight excluding hydrogens is 411 g/mol. The zero-order chi connectivity index (χ0) is 18.6. The molecule has 0 aromatic heterocycles. The van der Waals surface area contributed by atoms with E-state index in [4.69, 9.17) is 3.07 Å². The first-order valence-electron chi connectivity index (χ1n) is 11.9. The van der Waals surface area contributed by atoms with Gasteiger partial charge in [0.2, 0.25) is 0 Å². The normalized spacial score (nSPS) is 12.0. The van der Waals surface area contributed by atoms with Gasteiger partial charge in [-0.1, -0.05) is 0 Å². The number of hydrogen-bond acceptors (Lipinski definition) is 1. The molecule has 0 atom stereocenters. The molecule has 0 bridgehead atoms. The van der Waals surface area contributed by atoms with Gasteiger partial charge in [0.05, 0.1) is 0 Å². The molecule has 152 valence electrons. The Balaban J connectivity index is 4.31.